The van der Waals surface area contributed by atoms with Gasteiger partial charge in [0.25, 0.3) is 0 Å². The predicted octanol–water partition coefficient (Wildman–Crippen LogP) is -0.768. The summed E-state index contributed by atoms with van der Waals surface area (Å²) in [6, 6.07) is 0. The second kappa shape index (κ2) is 8.22. The van der Waals surface area contributed by atoms with Crippen LogP contribution in [0, 0.1) is 0 Å². The normalized spacial score (nSPS) is 10.2. The zero-order chi connectivity index (χ0) is 10.1. The first-order chi connectivity index (χ1) is 6.16. The number of hydrogen-bond donors (Lipinski definition) is 3. The average Bonchev–Trinajstić information content (AvgIpc) is 2.04. The van der Waals surface area contributed by atoms with Crippen molar-refractivity contribution in [1.29, 1.82) is 0 Å². The Morgan fingerprint density at radius 3 is 2.31 bits per heavy atom. The van der Waals surface area contributed by atoms with Crippen LogP contribution in [-0.4, -0.2) is 57.3 Å². The van der Waals surface area contributed by atoms with Gasteiger partial charge in [-0.2, -0.15) is 0 Å². The molecule has 0 unspecified atom stereocenters. The van der Waals surface area contributed by atoms with Crippen molar-refractivity contribution in [2.45, 2.75) is 0 Å². The minimum Gasteiger partial charge on any atom is -0.361 e. The van der Waals surface area contributed by atoms with Gasteiger partial charge < -0.3 is 20.9 Å². The summed E-state index contributed by atoms with van der Waals surface area (Å²) in [4.78, 5) is 2.11. The molecule has 13 heavy (non-hydrogen) atoms. The van der Waals surface area contributed by atoms with E-state index in [4.69, 9.17) is 12.2 Å². The van der Waals surface area contributed by atoms with Crippen molar-refractivity contribution in [3.8, 4) is 0 Å². The molecule has 78 valence electrons. The molecule has 5 heteroatoms. The Bertz CT molecular complexity index is 138. The molecule has 4 nitrogen and oxygen atoms in total. The van der Waals surface area contributed by atoms with Crippen molar-refractivity contribution in [2.24, 2.45) is 0 Å². The van der Waals surface area contributed by atoms with E-state index in [2.05, 4.69) is 20.9 Å². The summed E-state index contributed by atoms with van der Waals surface area (Å²) in [5, 5.41) is 9.99. The lowest BCUT2D eigenvalue weighted by atomic mass is 10.6. The zero-order valence-corrected chi connectivity index (χ0v) is 9.50. The average molecular weight is 204 g/mol. The van der Waals surface area contributed by atoms with Gasteiger partial charge in [0.15, 0.2) is 5.11 Å². The highest BCUT2D eigenvalue weighted by molar-refractivity contribution is 7.80. The highest BCUT2D eigenvalue weighted by atomic mass is 32.1. The molecule has 0 saturated carbocycles. The van der Waals surface area contributed by atoms with Crippen LogP contribution in [0.3, 0.4) is 0 Å². The zero-order valence-electron chi connectivity index (χ0n) is 8.68. The third-order valence-electron chi connectivity index (χ3n) is 1.51. The molecule has 0 aromatic carbocycles. The van der Waals surface area contributed by atoms with Crippen LogP contribution in [0.5, 0.6) is 0 Å². The molecule has 0 aromatic heterocycles. The maximum atomic E-state index is 5.05. The van der Waals surface area contributed by atoms with Crippen LogP contribution in [0.2, 0.25) is 0 Å². The first kappa shape index (κ1) is 12.6. The van der Waals surface area contributed by atoms with Gasteiger partial charge in [-0.3, -0.25) is 0 Å². The van der Waals surface area contributed by atoms with Crippen molar-refractivity contribution >= 4 is 17.3 Å². The fraction of sp³-hybridized carbons (Fsp3) is 0.875. The summed E-state index contributed by atoms with van der Waals surface area (Å²) < 4.78 is 0. The molecule has 0 aliphatic heterocycles. The molecule has 0 aliphatic carbocycles. The minimum atomic E-state index is 0.733. The van der Waals surface area contributed by atoms with Crippen molar-refractivity contribution in [2.75, 3.05) is 47.3 Å². The highest BCUT2D eigenvalue weighted by Gasteiger charge is 1.93. The van der Waals surface area contributed by atoms with Crippen LogP contribution in [0.25, 0.3) is 0 Å². The van der Waals surface area contributed by atoms with E-state index in [1.807, 2.05) is 21.1 Å². The number of likely N-dealkylation sites (N-methyl/N-ethyl adjacent to an activating group) is 2. The van der Waals surface area contributed by atoms with Gasteiger partial charge >= 0.3 is 0 Å². The summed E-state index contributed by atoms with van der Waals surface area (Å²) in [7, 11) is 6.00. The van der Waals surface area contributed by atoms with Gasteiger partial charge in [0.2, 0.25) is 0 Å². The maximum absolute atomic E-state index is 5.05. The number of nitrogens with one attached hydrogen (secondary N) is 3. The molecule has 0 bridgehead atoms. The number of nitrogens with zero attached hydrogens (tertiary/aromatic N) is 1. The third-order valence-corrected chi connectivity index (χ3v) is 1.79. The lowest BCUT2D eigenvalue weighted by Gasteiger charge is -2.13. The topological polar surface area (TPSA) is 39.3 Å². The van der Waals surface area contributed by atoms with Crippen molar-refractivity contribution in [3.05, 3.63) is 0 Å². The number of thiocarbonyl (C=S) groups is 1. The summed E-state index contributed by atoms with van der Waals surface area (Å²) in [6.45, 7) is 3.67. The largest absolute Gasteiger partial charge is 0.361 e. The van der Waals surface area contributed by atoms with Gasteiger partial charge in [0.05, 0.1) is 0 Å². The Kier molecular flexibility index (Phi) is 7.97. The second-order valence-electron chi connectivity index (χ2n) is 3.09. The Morgan fingerprint density at radius 2 is 1.77 bits per heavy atom. The van der Waals surface area contributed by atoms with Gasteiger partial charge in [-0.15, -0.1) is 0 Å². The third kappa shape index (κ3) is 9.52. The van der Waals surface area contributed by atoms with Gasteiger partial charge in [-0.1, -0.05) is 0 Å². The first-order valence-corrected chi connectivity index (χ1v) is 4.88. The van der Waals surface area contributed by atoms with Crippen LogP contribution in [0.15, 0.2) is 0 Å². The molecule has 0 heterocycles. The molecule has 3 N–H and O–H groups in total. The Balaban J connectivity index is 3.20. The molecule has 0 aliphatic rings. The van der Waals surface area contributed by atoms with Crippen LogP contribution in [0.1, 0.15) is 0 Å². The molecule has 0 rings (SSSR count). The van der Waals surface area contributed by atoms with Crippen LogP contribution < -0.4 is 16.0 Å². The van der Waals surface area contributed by atoms with Gasteiger partial charge in [0, 0.05) is 26.2 Å². The van der Waals surface area contributed by atoms with E-state index in [1.165, 1.54) is 0 Å². The lowest BCUT2D eigenvalue weighted by Crippen LogP contribution is -2.40. The molecule has 0 aromatic rings. The molecular formula is C8H20N4S. The highest BCUT2D eigenvalue weighted by Crippen LogP contribution is 1.71. The summed E-state index contributed by atoms with van der Waals surface area (Å²) in [5.74, 6) is 0. The molecule has 0 fully saturated rings. The van der Waals surface area contributed by atoms with Crippen molar-refractivity contribution in [3.63, 3.8) is 0 Å². The van der Waals surface area contributed by atoms with E-state index in [9.17, 15) is 0 Å². The van der Waals surface area contributed by atoms with E-state index in [0.717, 1.165) is 31.3 Å². The lowest BCUT2D eigenvalue weighted by molar-refractivity contribution is 0.412. The standard InChI is InChI=1S/C8H20N4S/c1-9-4-5-10-8(13)11-6-7-12(2)3/h9H,4-7H2,1-3H3,(H2,10,11,13). The molecular weight excluding hydrogens is 184 g/mol. The smallest absolute Gasteiger partial charge is 0.166 e. The van der Waals surface area contributed by atoms with Gasteiger partial charge in [0.1, 0.15) is 0 Å². The molecule has 0 atom stereocenters. The van der Waals surface area contributed by atoms with E-state index in [-0.39, 0.29) is 0 Å². The van der Waals surface area contributed by atoms with Crippen molar-refractivity contribution < 1.29 is 0 Å². The fourth-order valence-corrected chi connectivity index (χ4v) is 0.961. The summed E-state index contributed by atoms with van der Waals surface area (Å²) >= 11 is 5.05. The summed E-state index contributed by atoms with van der Waals surface area (Å²) in [6.07, 6.45) is 0. The second-order valence-corrected chi connectivity index (χ2v) is 3.50. The SMILES string of the molecule is CNCCNC(=S)NCCN(C)C. The summed E-state index contributed by atoms with van der Waals surface area (Å²) in [5.41, 5.74) is 0. The Hall–Kier alpha value is -0.390. The van der Waals surface area contributed by atoms with Gasteiger partial charge in [-0.25, -0.2) is 0 Å². The molecule has 0 amide bonds. The Morgan fingerprint density at radius 1 is 1.15 bits per heavy atom. The van der Waals surface area contributed by atoms with E-state index < -0.39 is 0 Å². The predicted molar refractivity (Wildman–Crippen MR) is 61.1 cm³/mol. The minimum absolute atomic E-state index is 0.733. The Labute approximate surface area is 86.1 Å². The van der Waals surface area contributed by atoms with Crippen LogP contribution in [-0.2, 0) is 0 Å². The van der Waals surface area contributed by atoms with Crippen molar-refractivity contribution in [1.82, 2.24) is 20.9 Å². The fourth-order valence-electron chi connectivity index (χ4n) is 0.757. The van der Waals surface area contributed by atoms with Crippen LogP contribution in [0.4, 0.5) is 0 Å². The first-order valence-electron chi connectivity index (χ1n) is 4.48. The van der Waals surface area contributed by atoms with E-state index in [1.54, 1.807) is 0 Å². The molecule has 0 spiro atoms. The monoisotopic (exact) mass is 204 g/mol. The molecule has 0 radical (unpaired) electrons. The van der Waals surface area contributed by atoms with Gasteiger partial charge in [-0.05, 0) is 33.4 Å². The van der Waals surface area contributed by atoms with Crippen LogP contribution >= 0.6 is 12.2 Å². The number of hydrogen-bond acceptors (Lipinski definition) is 3. The quantitative estimate of drug-likeness (QED) is 0.391. The van der Waals surface area contributed by atoms with E-state index in [0.29, 0.717) is 0 Å². The maximum Gasteiger partial charge on any atom is 0.166 e. The van der Waals surface area contributed by atoms with E-state index >= 15 is 0 Å². The molecule has 0 saturated heterocycles. The number of rotatable bonds is 6.